The summed E-state index contributed by atoms with van der Waals surface area (Å²) in [4.78, 5) is 10.2. The normalized spacial score (nSPS) is 22.0. The first-order valence-corrected chi connectivity index (χ1v) is 13.9. The molecule has 0 aliphatic heterocycles. The molecule has 1 fully saturated rings. The predicted octanol–water partition coefficient (Wildman–Crippen LogP) is 9.71. The Morgan fingerprint density at radius 3 is 2.08 bits per heavy atom. The van der Waals surface area contributed by atoms with Crippen molar-refractivity contribution in [1.82, 2.24) is 0 Å². The number of hydrogen-bond acceptors (Lipinski definition) is 2. The Kier molecular flexibility index (Phi) is 13.9. The lowest BCUT2D eigenvalue weighted by atomic mass is 9.69. The second-order valence-electron chi connectivity index (χ2n) is 11.0. The summed E-state index contributed by atoms with van der Waals surface area (Å²) in [5, 5.41) is 0. The topological polar surface area (TPSA) is 20.3 Å². The number of rotatable bonds is 2. The van der Waals surface area contributed by atoms with Crippen LogP contribution in [-0.2, 0) is 11.2 Å². The highest BCUT2D eigenvalue weighted by Crippen LogP contribution is 2.56. The van der Waals surface area contributed by atoms with Crippen molar-refractivity contribution in [2.45, 2.75) is 67.2 Å². The molecule has 2 aromatic carbocycles. The van der Waals surface area contributed by atoms with Crippen LogP contribution in [-0.4, -0.2) is 20.9 Å². The van der Waals surface area contributed by atoms with E-state index >= 15 is 0 Å². The van der Waals surface area contributed by atoms with Gasteiger partial charge in [0.2, 0.25) is 0 Å². The summed E-state index contributed by atoms with van der Waals surface area (Å²) in [5.74, 6) is 1.36. The smallest absolute Gasteiger partial charge is 0.123 e. The van der Waals surface area contributed by atoms with Crippen molar-refractivity contribution < 1.29 is 9.18 Å². The third kappa shape index (κ3) is 8.65. The Morgan fingerprint density at radius 2 is 1.56 bits per heavy atom. The molecule has 5 rings (SSSR count). The second kappa shape index (κ2) is 16.0. The third-order valence-electron chi connectivity index (χ3n) is 8.34. The molecule has 0 N–H and O–H groups in total. The van der Waals surface area contributed by atoms with Crippen molar-refractivity contribution in [3.05, 3.63) is 113 Å². The molecule has 0 aromatic heterocycles. The summed E-state index contributed by atoms with van der Waals surface area (Å²) >= 11 is 0. The summed E-state index contributed by atoms with van der Waals surface area (Å²) in [7, 11) is 4.16. The van der Waals surface area contributed by atoms with Crippen molar-refractivity contribution in [2.24, 2.45) is 17.3 Å². The third-order valence-corrected chi connectivity index (χ3v) is 8.34. The zero-order chi connectivity index (χ0) is 29.8. The van der Waals surface area contributed by atoms with E-state index in [9.17, 15) is 4.39 Å². The van der Waals surface area contributed by atoms with E-state index in [2.05, 4.69) is 103 Å². The van der Waals surface area contributed by atoms with E-state index < -0.39 is 0 Å². The summed E-state index contributed by atoms with van der Waals surface area (Å²) in [6, 6.07) is 14.9. The number of carbonyl (C=O) groups is 1. The monoisotopic (exact) mass is 531 g/mol. The van der Waals surface area contributed by atoms with Gasteiger partial charge in [0.1, 0.15) is 12.6 Å². The molecule has 0 radical (unpaired) electrons. The highest BCUT2D eigenvalue weighted by atomic mass is 19.1. The lowest BCUT2D eigenvalue weighted by molar-refractivity contribution is -0.0980. The SMILES string of the molecule is C=C.C=O.CC1=CC2=C(C=C3CCC(C)C3(C)C2)C1C.CCc1ccccc1N(C)C.Cc1ccc(F)cc1. The Bertz CT molecular complexity index is 1120. The van der Waals surface area contributed by atoms with Gasteiger partial charge in [-0.2, -0.15) is 0 Å². The molecule has 3 unspecified atom stereocenters. The molecule has 2 nitrogen and oxygen atoms in total. The zero-order valence-electron chi connectivity index (χ0n) is 25.6. The molecule has 212 valence electrons. The average Bonchev–Trinajstić information content (AvgIpc) is 3.39. The van der Waals surface area contributed by atoms with Crippen LogP contribution >= 0.6 is 0 Å². The zero-order valence-corrected chi connectivity index (χ0v) is 25.6. The van der Waals surface area contributed by atoms with E-state index in [1.807, 2.05) is 13.7 Å². The summed E-state index contributed by atoms with van der Waals surface area (Å²) in [6.07, 6.45) is 10.1. The minimum atomic E-state index is -0.171. The van der Waals surface area contributed by atoms with E-state index in [0.717, 1.165) is 17.9 Å². The first-order valence-electron chi connectivity index (χ1n) is 13.9. The van der Waals surface area contributed by atoms with E-state index in [1.54, 1.807) is 34.4 Å². The molecule has 0 spiro atoms. The largest absolute Gasteiger partial charge is 0.377 e. The molecule has 3 heteroatoms. The van der Waals surface area contributed by atoms with Crippen molar-refractivity contribution in [3.8, 4) is 0 Å². The average molecular weight is 532 g/mol. The Hall–Kier alpha value is -3.20. The van der Waals surface area contributed by atoms with Gasteiger partial charge in [0.15, 0.2) is 0 Å². The minimum Gasteiger partial charge on any atom is -0.377 e. The highest BCUT2D eigenvalue weighted by molar-refractivity contribution is 5.53. The molecule has 39 heavy (non-hydrogen) atoms. The van der Waals surface area contributed by atoms with Crippen LogP contribution in [0.15, 0.2) is 96.1 Å². The Labute approximate surface area is 238 Å². The molecular formula is C36H50FNO. The fourth-order valence-electron chi connectivity index (χ4n) is 5.56. The van der Waals surface area contributed by atoms with Crippen LogP contribution in [0.3, 0.4) is 0 Å². The van der Waals surface area contributed by atoms with Crippen molar-refractivity contribution in [2.75, 3.05) is 19.0 Å². The lowest BCUT2D eigenvalue weighted by Crippen LogP contribution is -2.24. The van der Waals surface area contributed by atoms with Crippen LogP contribution in [0, 0.1) is 30.0 Å². The molecule has 0 saturated heterocycles. The van der Waals surface area contributed by atoms with Gasteiger partial charge in [0.25, 0.3) is 0 Å². The number of carbonyl (C=O) groups excluding carboxylic acids is 1. The van der Waals surface area contributed by atoms with Gasteiger partial charge in [0.05, 0.1) is 0 Å². The molecule has 0 bridgehead atoms. The van der Waals surface area contributed by atoms with Crippen LogP contribution in [0.25, 0.3) is 0 Å². The number of nitrogens with zero attached hydrogens (tertiary/aromatic N) is 1. The summed E-state index contributed by atoms with van der Waals surface area (Å²) in [5.41, 5.74) is 10.8. The summed E-state index contributed by atoms with van der Waals surface area (Å²) < 4.78 is 12.1. The number of fused-ring (bicyclic) bond motifs is 1. The first-order chi connectivity index (χ1) is 18.6. The highest BCUT2D eigenvalue weighted by Gasteiger charge is 2.43. The van der Waals surface area contributed by atoms with Crippen molar-refractivity contribution in [3.63, 3.8) is 0 Å². The number of anilines is 1. The molecule has 0 heterocycles. The van der Waals surface area contributed by atoms with E-state index in [0.29, 0.717) is 11.3 Å². The quantitative estimate of drug-likeness (QED) is 0.360. The molecule has 0 amide bonds. The standard InChI is InChI=1S/C16H22.C10H15N.C7H7F.C2H4.CH2O/c1-10-7-13-9-16(4)11(2)5-6-14(16)8-15(13)12(10)3;1-4-9-7-5-6-8-10(9)11(2)3;1-6-2-4-7(8)5-3-6;2*1-2/h7-8,11-12H,5-6,9H2,1-4H3;5-8H,4H2,1-3H3;2-5H,1H3;1-2H2;1H2. The van der Waals surface area contributed by atoms with Gasteiger partial charge in [-0.25, -0.2) is 4.39 Å². The van der Waals surface area contributed by atoms with Crippen LogP contribution in [0.2, 0.25) is 0 Å². The number of halogens is 1. The van der Waals surface area contributed by atoms with Gasteiger partial charge in [-0.3, -0.25) is 0 Å². The van der Waals surface area contributed by atoms with Gasteiger partial charge in [-0.05, 0) is 85.8 Å². The van der Waals surface area contributed by atoms with Crippen LogP contribution in [0.4, 0.5) is 10.1 Å². The maximum atomic E-state index is 12.1. The molecule has 3 aliphatic carbocycles. The van der Waals surface area contributed by atoms with Crippen molar-refractivity contribution in [1.29, 1.82) is 0 Å². The van der Waals surface area contributed by atoms with Gasteiger partial charge in [0, 0.05) is 25.7 Å². The minimum absolute atomic E-state index is 0.171. The Morgan fingerprint density at radius 1 is 0.974 bits per heavy atom. The molecule has 1 saturated carbocycles. The Balaban J connectivity index is 0.000000290. The number of benzene rings is 2. The lowest BCUT2D eigenvalue weighted by Gasteiger charge is -2.35. The number of allylic oxidation sites excluding steroid dienone is 6. The van der Waals surface area contributed by atoms with Gasteiger partial charge < -0.3 is 9.69 Å². The van der Waals surface area contributed by atoms with E-state index in [4.69, 9.17) is 4.79 Å². The molecular weight excluding hydrogens is 481 g/mol. The fraction of sp³-hybridized carbons (Fsp3) is 0.417. The maximum Gasteiger partial charge on any atom is 0.123 e. The van der Waals surface area contributed by atoms with Crippen molar-refractivity contribution >= 4 is 12.5 Å². The first kappa shape index (κ1) is 33.8. The predicted molar refractivity (Wildman–Crippen MR) is 169 cm³/mol. The molecule has 3 aliphatic rings. The van der Waals surface area contributed by atoms with E-state index in [1.165, 1.54) is 42.6 Å². The van der Waals surface area contributed by atoms with Gasteiger partial charge in [-0.15, -0.1) is 13.2 Å². The number of para-hydroxylation sites is 1. The summed E-state index contributed by atoms with van der Waals surface area (Å²) in [6.45, 7) is 21.7. The molecule has 2 aromatic rings. The molecule has 3 atom stereocenters. The van der Waals surface area contributed by atoms with Crippen LogP contribution < -0.4 is 4.90 Å². The fourth-order valence-corrected chi connectivity index (χ4v) is 5.56. The van der Waals surface area contributed by atoms with Crippen LogP contribution in [0.1, 0.15) is 65.0 Å². The van der Waals surface area contributed by atoms with E-state index in [-0.39, 0.29) is 5.82 Å². The maximum absolute atomic E-state index is 12.1. The van der Waals surface area contributed by atoms with Crippen LogP contribution in [0.5, 0.6) is 0 Å². The number of hydrogen-bond donors (Lipinski definition) is 0. The number of aryl methyl sites for hydroxylation is 2. The van der Waals surface area contributed by atoms with Gasteiger partial charge >= 0.3 is 0 Å². The van der Waals surface area contributed by atoms with Gasteiger partial charge in [-0.1, -0.05) is 86.9 Å². The second-order valence-corrected chi connectivity index (χ2v) is 11.0.